The second kappa shape index (κ2) is 9.92. The van der Waals surface area contributed by atoms with Crippen LogP contribution in [-0.2, 0) is 0 Å². The van der Waals surface area contributed by atoms with E-state index < -0.39 is 0 Å². The summed E-state index contributed by atoms with van der Waals surface area (Å²) in [5, 5.41) is 10.3. The quantitative estimate of drug-likeness (QED) is 0.562. The predicted molar refractivity (Wildman–Crippen MR) is 48.7 cm³/mol. The molecule has 0 aromatic rings. The molecule has 1 saturated carbocycles. The third-order valence-corrected chi connectivity index (χ3v) is 1.56. The van der Waals surface area contributed by atoms with E-state index in [1.165, 1.54) is 51.6 Å². The lowest BCUT2D eigenvalue weighted by molar-refractivity contribution is 0.399. The fourth-order valence-corrected chi connectivity index (χ4v) is 0.802. The molecule has 1 saturated heterocycles. The lowest BCUT2D eigenvalue weighted by atomic mass is 10.2. The van der Waals surface area contributed by atoms with Crippen molar-refractivity contribution in [2.75, 3.05) is 20.2 Å². The lowest BCUT2D eigenvalue weighted by Gasteiger charge is -2.08. The van der Waals surface area contributed by atoms with E-state index in [4.69, 9.17) is 5.11 Å². The minimum Gasteiger partial charge on any atom is -0.400 e. The summed E-state index contributed by atoms with van der Waals surface area (Å²) in [6.07, 6.45) is 8.72. The highest BCUT2D eigenvalue weighted by Gasteiger charge is 1.95. The molecule has 68 valence electrons. The molecule has 0 bridgehead atoms. The zero-order chi connectivity index (χ0) is 8.36. The number of aliphatic hydroxyl groups excluding tert-OH is 1. The number of hydrogen-bond acceptors (Lipinski definition) is 2. The van der Waals surface area contributed by atoms with Crippen molar-refractivity contribution in [3.63, 3.8) is 0 Å². The van der Waals surface area contributed by atoms with Crippen LogP contribution in [0, 0.1) is 0 Å². The largest absolute Gasteiger partial charge is 0.400 e. The van der Waals surface area contributed by atoms with Gasteiger partial charge in [0.2, 0.25) is 0 Å². The van der Waals surface area contributed by atoms with Crippen LogP contribution in [0.2, 0.25) is 0 Å². The molecule has 0 aromatic heterocycles. The van der Waals surface area contributed by atoms with Crippen LogP contribution in [0.3, 0.4) is 0 Å². The van der Waals surface area contributed by atoms with Gasteiger partial charge in [0.05, 0.1) is 0 Å². The minimum absolute atomic E-state index is 1.00. The number of hydrogen-bond donors (Lipinski definition) is 2. The predicted octanol–water partition coefficient (Wildman–Crippen LogP) is 1.54. The van der Waals surface area contributed by atoms with Crippen molar-refractivity contribution in [2.45, 2.75) is 38.5 Å². The normalized spacial score (nSPS) is 20.2. The second-order valence-corrected chi connectivity index (χ2v) is 2.87. The van der Waals surface area contributed by atoms with Gasteiger partial charge in [0.15, 0.2) is 0 Å². The monoisotopic (exact) mass is 159 g/mol. The topological polar surface area (TPSA) is 32.3 Å². The minimum atomic E-state index is 1.00. The van der Waals surface area contributed by atoms with Crippen LogP contribution in [0.1, 0.15) is 38.5 Å². The summed E-state index contributed by atoms with van der Waals surface area (Å²) < 4.78 is 0. The van der Waals surface area contributed by atoms with E-state index in [1.54, 1.807) is 0 Å². The molecule has 0 unspecified atom stereocenters. The molecule has 0 radical (unpaired) electrons. The molecular formula is C9H21NO. The van der Waals surface area contributed by atoms with Crippen LogP contribution < -0.4 is 5.32 Å². The van der Waals surface area contributed by atoms with Crippen LogP contribution in [0.5, 0.6) is 0 Å². The Morgan fingerprint density at radius 3 is 1.18 bits per heavy atom. The highest BCUT2D eigenvalue weighted by molar-refractivity contribution is 4.55. The second-order valence-electron chi connectivity index (χ2n) is 2.87. The highest BCUT2D eigenvalue weighted by atomic mass is 16.2. The van der Waals surface area contributed by atoms with Gasteiger partial charge in [0.1, 0.15) is 0 Å². The van der Waals surface area contributed by atoms with Crippen molar-refractivity contribution in [2.24, 2.45) is 0 Å². The van der Waals surface area contributed by atoms with E-state index >= 15 is 0 Å². The van der Waals surface area contributed by atoms with Gasteiger partial charge in [0.25, 0.3) is 0 Å². The maximum Gasteiger partial charge on any atom is 0.0319 e. The lowest BCUT2D eigenvalue weighted by Crippen LogP contribution is -2.21. The Kier molecular flexibility index (Phi) is 9.85. The first-order valence-corrected chi connectivity index (χ1v) is 4.65. The smallest absolute Gasteiger partial charge is 0.0319 e. The summed E-state index contributed by atoms with van der Waals surface area (Å²) in [7, 11) is 1.00. The Morgan fingerprint density at radius 2 is 1.09 bits per heavy atom. The fraction of sp³-hybridized carbons (Fsp3) is 1.00. The Bertz CT molecular complexity index is 46.3. The molecule has 1 aliphatic carbocycles. The molecule has 2 aliphatic rings. The molecule has 0 amide bonds. The molecule has 2 rings (SSSR count). The van der Waals surface area contributed by atoms with E-state index in [2.05, 4.69) is 5.32 Å². The van der Waals surface area contributed by atoms with E-state index in [0.717, 1.165) is 7.11 Å². The number of nitrogens with one attached hydrogen (secondary N) is 1. The maximum atomic E-state index is 7.00. The zero-order valence-corrected chi connectivity index (χ0v) is 7.60. The van der Waals surface area contributed by atoms with Crippen molar-refractivity contribution in [1.29, 1.82) is 0 Å². The van der Waals surface area contributed by atoms with Crippen LogP contribution in [0.15, 0.2) is 0 Å². The van der Waals surface area contributed by atoms with E-state index in [-0.39, 0.29) is 0 Å². The zero-order valence-electron chi connectivity index (χ0n) is 7.60. The third kappa shape index (κ3) is 13.0. The third-order valence-electron chi connectivity index (χ3n) is 1.56. The van der Waals surface area contributed by atoms with Gasteiger partial charge < -0.3 is 10.4 Å². The first-order valence-electron chi connectivity index (χ1n) is 4.65. The molecule has 2 heteroatoms. The molecular weight excluding hydrogens is 138 g/mol. The van der Waals surface area contributed by atoms with E-state index in [1.807, 2.05) is 0 Å². The van der Waals surface area contributed by atoms with Crippen molar-refractivity contribution in [1.82, 2.24) is 5.32 Å². The molecule has 1 aliphatic heterocycles. The molecule has 2 fully saturated rings. The molecule has 2 N–H and O–H groups in total. The Balaban J connectivity index is 0.000000169. The summed E-state index contributed by atoms with van der Waals surface area (Å²) in [6, 6.07) is 0. The molecule has 0 atom stereocenters. The van der Waals surface area contributed by atoms with E-state index in [9.17, 15) is 0 Å². The summed E-state index contributed by atoms with van der Waals surface area (Å²) in [6.45, 7) is 2.50. The van der Waals surface area contributed by atoms with Gasteiger partial charge in [-0.25, -0.2) is 0 Å². The van der Waals surface area contributed by atoms with Gasteiger partial charge in [0, 0.05) is 7.11 Å². The highest BCUT2D eigenvalue weighted by Crippen LogP contribution is 2.14. The van der Waals surface area contributed by atoms with Gasteiger partial charge in [-0.2, -0.15) is 0 Å². The average Bonchev–Trinajstić information content (AvgIpc) is 2.97. The van der Waals surface area contributed by atoms with Gasteiger partial charge in [-0.15, -0.1) is 0 Å². The maximum absolute atomic E-state index is 7.00. The Morgan fingerprint density at radius 1 is 0.727 bits per heavy atom. The Hall–Kier alpha value is -0.0800. The number of aliphatic hydroxyl groups is 1. The van der Waals surface area contributed by atoms with Crippen LogP contribution in [0.25, 0.3) is 0 Å². The summed E-state index contributed by atoms with van der Waals surface area (Å²) in [4.78, 5) is 0. The number of rotatable bonds is 0. The van der Waals surface area contributed by atoms with Gasteiger partial charge in [-0.05, 0) is 25.9 Å². The first-order chi connectivity index (χ1) is 5.50. The van der Waals surface area contributed by atoms with Gasteiger partial charge in [-0.1, -0.05) is 25.7 Å². The summed E-state index contributed by atoms with van der Waals surface area (Å²) in [5.41, 5.74) is 0. The van der Waals surface area contributed by atoms with Crippen LogP contribution in [-0.4, -0.2) is 25.3 Å². The summed E-state index contributed by atoms with van der Waals surface area (Å²) >= 11 is 0. The first kappa shape index (κ1) is 10.9. The molecule has 11 heavy (non-hydrogen) atoms. The van der Waals surface area contributed by atoms with Crippen molar-refractivity contribution >= 4 is 0 Å². The van der Waals surface area contributed by atoms with E-state index in [0.29, 0.717) is 0 Å². The summed E-state index contributed by atoms with van der Waals surface area (Å²) in [5.74, 6) is 0. The fourth-order valence-electron chi connectivity index (χ4n) is 0.802. The SMILES string of the molecule is C1CC1.C1CCNCC1.CO. The molecule has 0 aromatic carbocycles. The molecule has 1 heterocycles. The average molecular weight is 159 g/mol. The van der Waals surface area contributed by atoms with Gasteiger partial charge >= 0.3 is 0 Å². The van der Waals surface area contributed by atoms with Crippen molar-refractivity contribution in [3.8, 4) is 0 Å². The van der Waals surface area contributed by atoms with Crippen molar-refractivity contribution in [3.05, 3.63) is 0 Å². The Labute approximate surface area is 70.0 Å². The van der Waals surface area contributed by atoms with Crippen LogP contribution >= 0.6 is 0 Å². The standard InChI is InChI=1S/C5H11N.C3H6.CH4O/c1-2-4-6-5-3-1;1-2-3-1;1-2/h6H,1-5H2;1-3H2;2H,1H3. The van der Waals surface area contributed by atoms with Crippen LogP contribution in [0.4, 0.5) is 0 Å². The molecule has 2 nitrogen and oxygen atoms in total. The van der Waals surface area contributed by atoms with Crippen molar-refractivity contribution < 1.29 is 5.11 Å². The molecule has 0 spiro atoms. The van der Waals surface area contributed by atoms with Gasteiger partial charge in [-0.3, -0.25) is 0 Å². The number of piperidine rings is 1.